The zero-order chi connectivity index (χ0) is 9.23. The zero-order valence-corrected chi connectivity index (χ0v) is 7.76. The Morgan fingerprint density at radius 2 is 1.42 bits per heavy atom. The molecule has 0 aliphatic carbocycles. The van der Waals surface area contributed by atoms with Gasteiger partial charge >= 0.3 is 0 Å². The maximum absolute atomic E-state index is 3.70. The molecule has 0 atom stereocenters. The van der Waals surface area contributed by atoms with E-state index in [2.05, 4.69) is 25.8 Å². The minimum atomic E-state index is 1.05. The molecule has 0 radical (unpaired) electrons. The van der Waals surface area contributed by atoms with E-state index in [1.807, 2.05) is 18.2 Å². The highest BCUT2D eigenvalue weighted by atomic mass is 14.0. The van der Waals surface area contributed by atoms with E-state index in [4.69, 9.17) is 0 Å². The van der Waals surface area contributed by atoms with Gasteiger partial charge < -0.3 is 0 Å². The van der Waals surface area contributed by atoms with Crippen LogP contribution in [0.5, 0.6) is 0 Å². The van der Waals surface area contributed by atoms with Crippen molar-refractivity contribution in [1.29, 1.82) is 0 Å². The van der Waals surface area contributed by atoms with Crippen LogP contribution in [0.4, 0.5) is 0 Å². The summed E-state index contributed by atoms with van der Waals surface area (Å²) < 4.78 is 0. The summed E-state index contributed by atoms with van der Waals surface area (Å²) in [5, 5.41) is 0. The summed E-state index contributed by atoms with van der Waals surface area (Å²) in [6.07, 6.45) is 12.1. The van der Waals surface area contributed by atoms with E-state index in [0.717, 1.165) is 25.7 Å². The van der Waals surface area contributed by atoms with E-state index in [9.17, 15) is 0 Å². The first-order valence-corrected chi connectivity index (χ1v) is 4.37. The SMILES string of the molecule is C=CC=C(CCC=C)CCC=C. The van der Waals surface area contributed by atoms with Gasteiger partial charge in [-0.25, -0.2) is 0 Å². The minimum Gasteiger partial charge on any atom is -0.103 e. The lowest BCUT2D eigenvalue weighted by Gasteiger charge is -2.02. The van der Waals surface area contributed by atoms with Crippen LogP contribution in [0, 0.1) is 0 Å². The number of allylic oxidation sites excluding steroid dienone is 5. The lowest BCUT2D eigenvalue weighted by atomic mass is 10.0. The first-order chi connectivity index (χ1) is 5.85. The fourth-order valence-corrected chi connectivity index (χ4v) is 1.03. The highest BCUT2D eigenvalue weighted by Crippen LogP contribution is 2.12. The summed E-state index contributed by atoms with van der Waals surface area (Å²) in [7, 11) is 0. The van der Waals surface area contributed by atoms with Crippen molar-refractivity contribution < 1.29 is 0 Å². The molecule has 0 N–H and O–H groups in total. The van der Waals surface area contributed by atoms with Crippen molar-refractivity contribution in [2.24, 2.45) is 0 Å². The largest absolute Gasteiger partial charge is 0.103 e. The van der Waals surface area contributed by atoms with Crippen molar-refractivity contribution in [2.75, 3.05) is 0 Å². The van der Waals surface area contributed by atoms with Gasteiger partial charge in [0.2, 0.25) is 0 Å². The Labute approximate surface area is 76.0 Å². The van der Waals surface area contributed by atoms with Crippen LogP contribution < -0.4 is 0 Å². The Balaban J connectivity index is 3.85. The molecule has 0 saturated carbocycles. The molecule has 0 rings (SSSR count). The molecule has 12 heavy (non-hydrogen) atoms. The second kappa shape index (κ2) is 8.06. The third-order valence-corrected chi connectivity index (χ3v) is 1.69. The topological polar surface area (TPSA) is 0 Å². The highest BCUT2D eigenvalue weighted by Gasteiger charge is 1.92. The van der Waals surface area contributed by atoms with Gasteiger partial charge in [0, 0.05) is 0 Å². The Morgan fingerprint density at radius 1 is 0.917 bits per heavy atom. The molecular formula is C12H18. The van der Waals surface area contributed by atoms with Gasteiger partial charge in [-0.2, -0.15) is 0 Å². The molecule has 0 amide bonds. The quantitative estimate of drug-likeness (QED) is 0.391. The normalized spacial score (nSPS) is 8.67. The van der Waals surface area contributed by atoms with Crippen LogP contribution in [0.25, 0.3) is 0 Å². The van der Waals surface area contributed by atoms with E-state index in [-0.39, 0.29) is 0 Å². The summed E-state index contributed by atoms with van der Waals surface area (Å²) in [5.41, 5.74) is 1.44. The number of hydrogen-bond donors (Lipinski definition) is 0. The Hall–Kier alpha value is -1.04. The molecule has 0 aliphatic heterocycles. The molecule has 0 heteroatoms. The first-order valence-electron chi connectivity index (χ1n) is 4.37. The predicted octanol–water partition coefficient (Wildman–Crippen LogP) is 4.03. The van der Waals surface area contributed by atoms with E-state index in [1.54, 1.807) is 0 Å². The van der Waals surface area contributed by atoms with Crippen LogP contribution >= 0.6 is 0 Å². The summed E-state index contributed by atoms with van der Waals surface area (Å²) >= 11 is 0. The highest BCUT2D eigenvalue weighted by molar-refractivity contribution is 5.11. The molecule has 66 valence electrons. The van der Waals surface area contributed by atoms with Crippen LogP contribution in [-0.2, 0) is 0 Å². The smallest absolute Gasteiger partial charge is 0.0282 e. The van der Waals surface area contributed by atoms with Gasteiger partial charge in [0.1, 0.15) is 0 Å². The molecule has 0 heterocycles. The summed E-state index contributed by atoms with van der Waals surface area (Å²) in [5.74, 6) is 0. The van der Waals surface area contributed by atoms with Gasteiger partial charge in [-0.1, -0.05) is 36.5 Å². The van der Waals surface area contributed by atoms with Crippen LogP contribution in [0.15, 0.2) is 49.6 Å². The van der Waals surface area contributed by atoms with Gasteiger partial charge in [0.15, 0.2) is 0 Å². The van der Waals surface area contributed by atoms with Crippen molar-refractivity contribution >= 4 is 0 Å². The fraction of sp³-hybridized carbons (Fsp3) is 0.333. The lowest BCUT2D eigenvalue weighted by molar-refractivity contribution is 0.866. The molecule has 0 aliphatic rings. The molecule has 0 spiro atoms. The summed E-state index contributed by atoms with van der Waals surface area (Å²) in [6.45, 7) is 11.1. The van der Waals surface area contributed by atoms with E-state index < -0.39 is 0 Å². The molecule has 0 aromatic rings. The van der Waals surface area contributed by atoms with Crippen molar-refractivity contribution in [3.05, 3.63) is 49.6 Å². The van der Waals surface area contributed by atoms with Crippen molar-refractivity contribution in [3.63, 3.8) is 0 Å². The van der Waals surface area contributed by atoms with E-state index >= 15 is 0 Å². The Kier molecular flexibility index (Phi) is 7.36. The van der Waals surface area contributed by atoms with Gasteiger partial charge in [0.25, 0.3) is 0 Å². The molecule has 0 bridgehead atoms. The molecule has 0 aromatic carbocycles. The number of rotatable bonds is 7. The molecular weight excluding hydrogens is 144 g/mol. The van der Waals surface area contributed by atoms with Crippen LogP contribution in [0.2, 0.25) is 0 Å². The average molecular weight is 162 g/mol. The van der Waals surface area contributed by atoms with Crippen LogP contribution in [-0.4, -0.2) is 0 Å². The second-order valence-electron chi connectivity index (χ2n) is 2.72. The maximum atomic E-state index is 3.70. The summed E-state index contributed by atoms with van der Waals surface area (Å²) in [6, 6.07) is 0. The second-order valence-corrected chi connectivity index (χ2v) is 2.72. The molecule has 0 fully saturated rings. The zero-order valence-electron chi connectivity index (χ0n) is 7.76. The third-order valence-electron chi connectivity index (χ3n) is 1.69. The fourth-order valence-electron chi connectivity index (χ4n) is 1.03. The third kappa shape index (κ3) is 5.72. The van der Waals surface area contributed by atoms with Crippen molar-refractivity contribution in [1.82, 2.24) is 0 Å². The van der Waals surface area contributed by atoms with Gasteiger partial charge in [-0.15, -0.1) is 13.2 Å². The molecule has 0 aromatic heterocycles. The number of hydrogen-bond acceptors (Lipinski definition) is 0. The van der Waals surface area contributed by atoms with Crippen molar-refractivity contribution in [3.8, 4) is 0 Å². The standard InChI is InChI=1S/C12H18/c1-4-7-10-12(9-6-3)11-8-5-2/h4-6,9H,1-3,7-8,10-11H2. The Morgan fingerprint density at radius 3 is 1.75 bits per heavy atom. The summed E-state index contributed by atoms with van der Waals surface area (Å²) in [4.78, 5) is 0. The van der Waals surface area contributed by atoms with Gasteiger partial charge in [-0.3, -0.25) is 0 Å². The monoisotopic (exact) mass is 162 g/mol. The van der Waals surface area contributed by atoms with Gasteiger partial charge in [-0.05, 0) is 25.7 Å². The average Bonchev–Trinajstić information content (AvgIpc) is 2.10. The van der Waals surface area contributed by atoms with Crippen LogP contribution in [0.3, 0.4) is 0 Å². The minimum absolute atomic E-state index is 1.05. The molecule has 0 saturated heterocycles. The van der Waals surface area contributed by atoms with Gasteiger partial charge in [0.05, 0.1) is 0 Å². The maximum Gasteiger partial charge on any atom is -0.0282 e. The van der Waals surface area contributed by atoms with Crippen molar-refractivity contribution in [2.45, 2.75) is 25.7 Å². The predicted molar refractivity (Wildman–Crippen MR) is 57.1 cm³/mol. The van der Waals surface area contributed by atoms with E-state index in [0.29, 0.717) is 0 Å². The lowest BCUT2D eigenvalue weighted by Crippen LogP contribution is -1.82. The molecule has 0 unspecified atom stereocenters. The molecule has 0 nitrogen and oxygen atoms in total. The van der Waals surface area contributed by atoms with Crippen LogP contribution in [0.1, 0.15) is 25.7 Å². The van der Waals surface area contributed by atoms with E-state index in [1.165, 1.54) is 5.57 Å². The Bertz CT molecular complexity index is 158. The first kappa shape index (κ1) is 11.0.